The second-order valence-electron chi connectivity index (χ2n) is 5.75. The van der Waals surface area contributed by atoms with Gasteiger partial charge in [-0.15, -0.1) is 0 Å². The summed E-state index contributed by atoms with van der Waals surface area (Å²) < 4.78 is 10.3. The first kappa shape index (κ1) is 16.1. The third kappa shape index (κ3) is 3.75. The first-order valence-corrected chi connectivity index (χ1v) is 7.84. The Bertz CT molecular complexity index is 711. The maximum atomic E-state index is 12.8. The first-order chi connectivity index (χ1) is 11.6. The minimum atomic E-state index is -0.467. The highest BCUT2D eigenvalue weighted by molar-refractivity contribution is 6.04. The molecule has 1 aliphatic heterocycles. The zero-order chi connectivity index (χ0) is 16.9. The molecule has 2 aromatic heterocycles. The number of amides is 2. The standard InChI is InChI=1S/C17H19N3O4/c1-19-6-8-20(9-7-19)17(22)14(12-13-4-2-10-23-13)18-16(21)15-5-3-11-24-15/h2-5,10-12H,6-9H2,1H3,(H,18,21)/p+1/b14-12-. The van der Waals surface area contributed by atoms with Crippen LogP contribution in [0.5, 0.6) is 0 Å². The zero-order valence-electron chi connectivity index (χ0n) is 13.5. The van der Waals surface area contributed by atoms with E-state index in [1.54, 1.807) is 29.2 Å². The molecule has 2 amide bonds. The van der Waals surface area contributed by atoms with Crippen LogP contribution in [0.25, 0.3) is 6.08 Å². The summed E-state index contributed by atoms with van der Waals surface area (Å²) in [4.78, 5) is 28.2. The van der Waals surface area contributed by atoms with Gasteiger partial charge in [0.05, 0.1) is 45.8 Å². The monoisotopic (exact) mass is 330 g/mol. The average Bonchev–Trinajstić information content (AvgIpc) is 3.28. The van der Waals surface area contributed by atoms with E-state index in [1.807, 2.05) is 0 Å². The molecule has 0 atom stereocenters. The Morgan fingerprint density at radius 2 is 1.88 bits per heavy atom. The van der Waals surface area contributed by atoms with Crippen LogP contribution in [0.1, 0.15) is 16.3 Å². The third-order valence-electron chi connectivity index (χ3n) is 3.96. The van der Waals surface area contributed by atoms with Crippen LogP contribution in [0.15, 0.2) is 51.3 Å². The summed E-state index contributed by atoms with van der Waals surface area (Å²) in [6.07, 6.45) is 4.46. The number of hydrogen-bond acceptors (Lipinski definition) is 4. The van der Waals surface area contributed by atoms with E-state index in [0.717, 1.165) is 13.1 Å². The summed E-state index contributed by atoms with van der Waals surface area (Å²) in [5, 5.41) is 2.64. The smallest absolute Gasteiger partial charge is 0.291 e. The Hall–Kier alpha value is -2.80. The maximum Gasteiger partial charge on any atom is 0.291 e. The Balaban J connectivity index is 1.79. The van der Waals surface area contributed by atoms with Crippen LogP contribution in [0.2, 0.25) is 0 Å². The van der Waals surface area contributed by atoms with Gasteiger partial charge in [-0.2, -0.15) is 0 Å². The predicted octanol–water partition coefficient (Wildman–Crippen LogP) is 0.000400. The number of nitrogens with one attached hydrogen (secondary N) is 2. The molecule has 0 spiro atoms. The number of nitrogens with zero attached hydrogens (tertiary/aromatic N) is 1. The molecule has 0 radical (unpaired) electrons. The number of furan rings is 2. The minimum absolute atomic E-state index is 0.149. The fraction of sp³-hybridized carbons (Fsp3) is 0.294. The van der Waals surface area contributed by atoms with Crippen molar-refractivity contribution in [1.82, 2.24) is 10.2 Å². The van der Waals surface area contributed by atoms with Gasteiger partial charge in [0.1, 0.15) is 11.5 Å². The van der Waals surface area contributed by atoms with Crippen molar-refractivity contribution in [2.45, 2.75) is 0 Å². The van der Waals surface area contributed by atoms with Gasteiger partial charge in [-0.05, 0) is 24.3 Å². The largest absolute Gasteiger partial charge is 0.465 e. The number of quaternary nitrogens is 1. The molecule has 0 aromatic carbocycles. The van der Waals surface area contributed by atoms with Gasteiger partial charge in [0.25, 0.3) is 11.8 Å². The Morgan fingerprint density at radius 3 is 2.50 bits per heavy atom. The van der Waals surface area contributed by atoms with Gasteiger partial charge < -0.3 is 24.0 Å². The number of carbonyl (C=O) groups excluding carboxylic acids is 2. The predicted molar refractivity (Wildman–Crippen MR) is 86.1 cm³/mol. The molecule has 1 fully saturated rings. The molecular weight excluding hydrogens is 310 g/mol. The molecule has 0 saturated carbocycles. The zero-order valence-corrected chi connectivity index (χ0v) is 13.5. The summed E-state index contributed by atoms with van der Waals surface area (Å²) in [5.74, 6) is -0.0430. The Kier molecular flexibility index (Phi) is 4.81. The van der Waals surface area contributed by atoms with Gasteiger partial charge in [-0.25, -0.2) is 0 Å². The van der Waals surface area contributed by atoms with Crippen molar-refractivity contribution in [3.05, 3.63) is 54.0 Å². The maximum absolute atomic E-state index is 12.8. The van der Waals surface area contributed by atoms with Gasteiger partial charge in [0, 0.05) is 6.08 Å². The summed E-state index contributed by atoms with van der Waals surface area (Å²) in [6.45, 7) is 3.06. The average molecular weight is 330 g/mol. The lowest BCUT2D eigenvalue weighted by molar-refractivity contribution is -0.883. The van der Waals surface area contributed by atoms with Gasteiger partial charge in [0.2, 0.25) is 0 Å². The van der Waals surface area contributed by atoms with E-state index >= 15 is 0 Å². The molecule has 7 heteroatoms. The topological polar surface area (TPSA) is 80.1 Å². The van der Waals surface area contributed by atoms with Crippen LogP contribution in [-0.4, -0.2) is 49.9 Å². The highest BCUT2D eigenvalue weighted by Gasteiger charge is 2.26. The molecule has 126 valence electrons. The molecule has 1 aliphatic rings. The lowest BCUT2D eigenvalue weighted by Crippen LogP contribution is -3.12. The highest BCUT2D eigenvalue weighted by atomic mass is 16.3. The number of piperazine rings is 1. The van der Waals surface area contributed by atoms with Crippen molar-refractivity contribution >= 4 is 17.9 Å². The van der Waals surface area contributed by atoms with E-state index in [1.165, 1.54) is 23.5 Å². The number of likely N-dealkylation sites (N-methyl/N-ethyl adjacent to an activating group) is 1. The van der Waals surface area contributed by atoms with Gasteiger partial charge in [-0.1, -0.05) is 0 Å². The second-order valence-corrected chi connectivity index (χ2v) is 5.75. The van der Waals surface area contributed by atoms with Crippen LogP contribution >= 0.6 is 0 Å². The van der Waals surface area contributed by atoms with E-state index in [2.05, 4.69) is 12.4 Å². The van der Waals surface area contributed by atoms with Gasteiger partial charge >= 0.3 is 0 Å². The van der Waals surface area contributed by atoms with Crippen molar-refractivity contribution < 1.29 is 23.3 Å². The number of rotatable bonds is 4. The van der Waals surface area contributed by atoms with E-state index in [4.69, 9.17) is 8.83 Å². The van der Waals surface area contributed by atoms with E-state index < -0.39 is 5.91 Å². The molecule has 0 bridgehead atoms. The molecule has 2 N–H and O–H groups in total. The van der Waals surface area contributed by atoms with E-state index in [-0.39, 0.29) is 17.4 Å². The van der Waals surface area contributed by atoms with Crippen molar-refractivity contribution in [3.8, 4) is 0 Å². The van der Waals surface area contributed by atoms with Crippen LogP contribution in [-0.2, 0) is 4.79 Å². The molecular formula is C17H20N3O4+. The van der Waals surface area contributed by atoms with E-state index in [0.29, 0.717) is 18.8 Å². The normalized spacial score (nSPS) is 16.2. The van der Waals surface area contributed by atoms with Crippen molar-refractivity contribution in [3.63, 3.8) is 0 Å². The lowest BCUT2D eigenvalue weighted by atomic mass is 10.2. The minimum Gasteiger partial charge on any atom is -0.465 e. The van der Waals surface area contributed by atoms with Crippen LogP contribution in [0, 0.1) is 0 Å². The molecule has 7 nitrogen and oxygen atoms in total. The SMILES string of the molecule is C[NH+]1CCN(C(=O)/C(=C/c2ccco2)NC(=O)c2ccco2)CC1. The fourth-order valence-corrected chi connectivity index (χ4v) is 2.52. The fourth-order valence-electron chi connectivity index (χ4n) is 2.52. The Labute approximate surface area is 139 Å². The van der Waals surface area contributed by atoms with Crippen LogP contribution in [0.3, 0.4) is 0 Å². The van der Waals surface area contributed by atoms with Gasteiger partial charge in [0.15, 0.2) is 5.76 Å². The van der Waals surface area contributed by atoms with E-state index in [9.17, 15) is 9.59 Å². The number of hydrogen-bond donors (Lipinski definition) is 2. The molecule has 1 saturated heterocycles. The molecule has 0 aliphatic carbocycles. The molecule has 24 heavy (non-hydrogen) atoms. The summed E-state index contributed by atoms with van der Waals surface area (Å²) in [6, 6.07) is 6.61. The summed E-state index contributed by atoms with van der Waals surface area (Å²) in [7, 11) is 2.10. The summed E-state index contributed by atoms with van der Waals surface area (Å²) >= 11 is 0. The highest BCUT2D eigenvalue weighted by Crippen LogP contribution is 2.10. The molecule has 0 unspecified atom stereocenters. The summed E-state index contributed by atoms with van der Waals surface area (Å²) in [5.41, 5.74) is 0.172. The quantitative estimate of drug-likeness (QED) is 0.774. The number of carbonyl (C=O) groups is 2. The lowest BCUT2D eigenvalue weighted by Gasteiger charge is -2.30. The molecule has 3 rings (SSSR count). The first-order valence-electron chi connectivity index (χ1n) is 7.84. The molecule has 2 aromatic rings. The third-order valence-corrected chi connectivity index (χ3v) is 3.96. The second kappa shape index (κ2) is 7.18. The van der Waals surface area contributed by atoms with Gasteiger partial charge in [-0.3, -0.25) is 9.59 Å². The van der Waals surface area contributed by atoms with Crippen molar-refractivity contribution in [2.24, 2.45) is 0 Å². The van der Waals surface area contributed by atoms with Crippen molar-refractivity contribution in [1.29, 1.82) is 0 Å². The van der Waals surface area contributed by atoms with Crippen molar-refractivity contribution in [2.75, 3.05) is 33.2 Å². The molecule has 3 heterocycles. The Morgan fingerprint density at radius 1 is 1.17 bits per heavy atom. The van der Waals surface area contributed by atoms with Crippen LogP contribution in [0.4, 0.5) is 0 Å². The van der Waals surface area contributed by atoms with Crippen LogP contribution < -0.4 is 10.2 Å².